The van der Waals surface area contributed by atoms with Gasteiger partial charge in [-0.05, 0) is 25.5 Å². The first-order valence-corrected chi connectivity index (χ1v) is 5.48. The molecule has 0 radical (unpaired) electrons. The lowest BCUT2D eigenvalue weighted by molar-refractivity contribution is 0.442. The van der Waals surface area contributed by atoms with E-state index in [1.165, 1.54) is 0 Å². The second kappa shape index (κ2) is 4.90. The molecule has 2 rings (SSSR count). The Balaban J connectivity index is 2.19. The SMILES string of the molecule is CN(c1nnccc1C#N)C1CCCNC1. The lowest BCUT2D eigenvalue weighted by Gasteiger charge is -2.32. The Morgan fingerprint density at radius 3 is 3.19 bits per heavy atom. The topological polar surface area (TPSA) is 64.8 Å². The highest BCUT2D eigenvalue weighted by atomic mass is 15.3. The number of nitrogens with zero attached hydrogens (tertiary/aromatic N) is 4. The zero-order chi connectivity index (χ0) is 11.4. The van der Waals surface area contributed by atoms with Gasteiger partial charge in [-0.3, -0.25) is 0 Å². The predicted molar refractivity (Wildman–Crippen MR) is 61.0 cm³/mol. The van der Waals surface area contributed by atoms with E-state index < -0.39 is 0 Å². The second-order valence-corrected chi connectivity index (χ2v) is 3.99. The van der Waals surface area contributed by atoms with Crippen molar-refractivity contribution in [2.75, 3.05) is 25.0 Å². The average molecular weight is 217 g/mol. The number of aromatic nitrogens is 2. The van der Waals surface area contributed by atoms with Gasteiger partial charge < -0.3 is 10.2 Å². The fraction of sp³-hybridized carbons (Fsp3) is 0.545. The van der Waals surface area contributed by atoms with Crippen molar-refractivity contribution in [3.63, 3.8) is 0 Å². The summed E-state index contributed by atoms with van der Waals surface area (Å²) >= 11 is 0. The maximum atomic E-state index is 9.01. The number of hydrogen-bond acceptors (Lipinski definition) is 5. The molecular formula is C11H15N5. The largest absolute Gasteiger partial charge is 0.353 e. The van der Waals surface area contributed by atoms with Crippen LogP contribution >= 0.6 is 0 Å². The molecule has 2 heterocycles. The summed E-state index contributed by atoms with van der Waals surface area (Å²) in [6.07, 6.45) is 3.84. The van der Waals surface area contributed by atoms with Crippen molar-refractivity contribution in [2.24, 2.45) is 0 Å². The van der Waals surface area contributed by atoms with E-state index in [0.29, 0.717) is 17.4 Å². The Kier molecular flexibility index (Phi) is 3.32. The molecule has 0 aromatic carbocycles. The lowest BCUT2D eigenvalue weighted by atomic mass is 10.1. The van der Waals surface area contributed by atoms with Gasteiger partial charge in [0.15, 0.2) is 5.82 Å². The van der Waals surface area contributed by atoms with Crippen LogP contribution in [0.3, 0.4) is 0 Å². The van der Waals surface area contributed by atoms with Crippen molar-refractivity contribution in [2.45, 2.75) is 18.9 Å². The highest BCUT2D eigenvalue weighted by molar-refractivity contribution is 5.52. The Hall–Kier alpha value is -1.67. The van der Waals surface area contributed by atoms with Crippen molar-refractivity contribution in [3.8, 4) is 6.07 Å². The summed E-state index contributed by atoms with van der Waals surface area (Å²) in [5.41, 5.74) is 0.586. The van der Waals surface area contributed by atoms with Crippen LogP contribution in [0.15, 0.2) is 12.3 Å². The van der Waals surface area contributed by atoms with Crippen LogP contribution in [0.2, 0.25) is 0 Å². The van der Waals surface area contributed by atoms with Gasteiger partial charge in [0.05, 0.1) is 11.8 Å². The number of nitrogens with one attached hydrogen (secondary N) is 1. The molecule has 1 unspecified atom stereocenters. The molecule has 1 aromatic rings. The quantitative estimate of drug-likeness (QED) is 0.783. The van der Waals surface area contributed by atoms with Crippen molar-refractivity contribution in [1.29, 1.82) is 5.26 Å². The molecular weight excluding hydrogens is 202 g/mol. The minimum Gasteiger partial charge on any atom is -0.353 e. The van der Waals surface area contributed by atoms with Crippen LogP contribution < -0.4 is 10.2 Å². The molecule has 1 aliphatic rings. The maximum absolute atomic E-state index is 9.01. The fourth-order valence-corrected chi connectivity index (χ4v) is 2.01. The molecule has 5 heteroatoms. The Morgan fingerprint density at radius 1 is 1.62 bits per heavy atom. The summed E-state index contributed by atoms with van der Waals surface area (Å²) < 4.78 is 0. The van der Waals surface area contributed by atoms with E-state index in [4.69, 9.17) is 5.26 Å². The monoisotopic (exact) mass is 217 g/mol. The molecule has 0 spiro atoms. The van der Waals surface area contributed by atoms with E-state index >= 15 is 0 Å². The van der Waals surface area contributed by atoms with Crippen LogP contribution in [-0.2, 0) is 0 Å². The molecule has 0 saturated carbocycles. The van der Waals surface area contributed by atoms with Crippen LogP contribution in [-0.4, -0.2) is 36.4 Å². The molecule has 84 valence electrons. The smallest absolute Gasteiger partial charge is 0.169 e. The summed E-state index contributed by atoms with van der Waals surface area (Å²) in [5, 5.41) is 20.3. The van der Waals surface area contributed by atoms with E-state index in [0.717, 1.165) is 25.9 Å². The molecule has 0 bridgehead atoms. The Labute approximate surface area is 95.1 Å². The average Bonchev–Trinajstić information content (AvgIpc) is 2.39. The standard InChI is InChI=1S/C11H15N5/c1-16(10-3-2-5-13-8-10)11-9(7-12)4-6-14-15-11/h4,6,10,13H,2-3,5,8H2,1H3. The van der Waals surface area contributed by atoms with Crippen LogP contribution in [0.1, 0.15) is 18.4 Å². The number of hydrogen-bond donors (Lipinski definition) is 1. The zero-order valence-corrected chi connectivity index (χ0v) is 9.35. The van der Waals surface area contributed by atoms with Crippen molar-refractivity contribution < 1.29 is 0 Å². The van der Waals surface area contributed by atoms with Crippen LogP contribution in [0, 0.1) is 11.3 Å². The summed E-state index contributed by atoms with van der Waals surface area (Å²) in [5.74, 6) is 0.679. The van der Waals surface area contributed by atoms with Gasteiger partial charge in [0.2, 0.25) is 0 Å². The van der Waals surface area contributed by atoms with Crippen LogP contribution in [0.4, 0.5) is 5.82 Å². The molecule has 0 amide bonds. The van der Waals surface area contributed by atoms with Gasteiger partial charge in [-0.15, -0.1) is 5.10 Å². The number of nitriles is 1. The summed E-state index contributed by atoms with van der Waals surface area (Å²) in [4.78, 5) is 2.05. The molecule has 1 fully saturated rings. The third-order valence-corrected chi connectivity index (χ3v) is 2.97. The number of piperidine rings is 1. The van der Waals surface area contributed by atoms with Crippen molar-refractivity contribution in [3.05, 3.63) is 17.8 Å². The Morgan fingerprint density at radius 2 is 2.50 bits per heavy atom. The molecule has 1 saturated heterocycles. The van der Waals surface area contributed by atoms with Crippen molar-refractivity contribution >= 4 is 5.82 Å². The van der Waals surface area contributed by atoms with Gasteiger partial charge in [0.1, 0.15) is 6.07 Å². The molecule has 1 aliphatic heterocycles. The fourth-order valence-electron chi connectivity index (χ4n) is 2.01. The van der Waals surface area contributed by atoms with E-state index in [1.54, 1.807) is 12.3 Å². The first kappa shape index (κ1) is 10.8. The number of likely N-dealkylation sites (N-methyl/N-ethyl adjacent to an activating group) is 1. The third-order valence-electron chi connectivity index (χ3n) is 2.97. The van der Waals surface area contributed by atoms with Gasteiger partial charge in [0, 0.05) is 19.6 Å². The van der Waals surface area contributed by atoms with Gasteiger partial charge in [-0.2, -0.15) is 10.4 Å². The van der Waals surface area contributed by atoms with E-state index in [1.807, 2.05) is 7.05 Å². The Bertz CT molecular complexity index is 392. The molecule has 1 atom stereocenters. The van der Waals surface area contributed by atoms with Gasteiger partial charge in [-0.1, -0.05) is 0 Å². The van der Waals surface area contributed by atoms with E-state index in [-0.39, 0.29) is 0 Å². The maximum Gasteiger partial charge on any atom is 0.169 e. The number of rotatable bonds is 2. The zero-order valence-electron chi connectivity index (χ0n) is 9.35. The van der Waals surface area contributed by atoms with Gasteiger partial charge in [-0.25, -0.2) is 0 Å². The van der Waals surface area contributed by atoms with Crippen LogP contribution in [0.25, 0.3) is 0 Å². The highest BCUT2D eigenvalue weighted by Gasteiger charge is 2.21. The lowest BCUT2D eigenvalue weighted by Crippen LogP contribution is -2.44. The van der Waals surface area contributed by atoms with Gasteiger partial charge >= 0.3 is 0 Å². The highest BCUT2D eigenvalue weighted by Crippen LogP contribution is 2.19. The first-order valence-electron chi connectivity index (χ1n) is 5.48. The van der Waals surface area contributed by atoms with E-state index in [9.17, 15) is 0 Å². The second-order valence-electron chi connectivity index (χ2n) is 3.99. The number of anilines is 1. The summed E-state index contributed by atoms with van der Waals surface area (Å²) in [6.45, 7) is 2.02. The third kappa shape index (κ3) is 2.12. The van der Waals surface area contributed by atoms with Gasteiger partial charge in [0.25, 0.3) is 0 Å². The minimum atomic E-state index is 0.401. The molecule has 1 N–H and O–H groups in total. The molecule has 0 aliphatic carbocycles. The molecule has 16 heavy (non-hydrogen) atoms. The normalized spacial score (nSPS) is 20.1. The molecule has 1 aromatic heterocycles. The predicted octanol–water partition coefficient (Wildman–Crippen LogP) is 0.536. The minimum absolute atomic E-state index is 0.401. The summed E-state index contributed by atoms with van der Waals surface area (Å²) in [6, 6.07) is 4.25. The van der Waals surface area contributed by atoms with Crippen molar-refractivity contribution in [1.82, 2.24) is 15.5 Å². The first-order chi connectivity index (χ1) is 7.83. The van der Waals surface area contributed by atoms with Crippen LogP contribution in [0.5, 0.6) is 0 Å². The summed E-state index contributed by atoms with van der Waals surface area (Å²) in [7, 11) is 1.97. The molecule has 5 nitrogen and oxygen atoms in total. The van der Waals surface area contributed by atoms with E-state index in [2.05, 4.69) is 26.5 Å².